The number of nitrogens with zero attached hydrogens (tertiary/aromatic N) is 1. The minimum Gasteiger partial charge on any atom is -0.298 e. The Morgan fingerprint density at radius 3 is 2.81 bits per heavy atom. The van der Waals surface area contributed by atoms with Crippen LogP contribution in [0.2, 0.25) is 0 Å². The van der Waals surface area contributed by atoms with Gasteiger partial charge in [-0.2, -0.15) is 0 Å². The van der Waals surface area contributed by atoms with Crippen LogP contribution in [0.1, 0.15) is 29.7 Å². The molecule has 0 aliphatic carbocycles. The molecule has 21 heavy (non-hydrogen) atoms. The number of hydrogen-bond acceptors (Lipinski definition) is 2. The van der Waals surface area contributed by atoms with Gasteiger partial charge in [-0.1, -0.05) is 24.8 Å². The van der Waals surface area contributed by atoms with E-state index in [-0.39, 0.29) is 0 Å². The Bertz CT molecular complexity index is 655. The first kappa shape index (κ1) is 14.6. The van der Waals surface area contributed by atoms with Crippen molar-refractivity contribution < 1.29 is 0 Å². The summed E-state index contributed by atoms with van der Waals surface area (Å²) in [7, 11) is 0. The maximum absolute atomic E-state index is 3.66. The van der Waals surface area contributed by atoms with Crippen molar-refractivity contribution in [1.29, 1.82) is 0 Å². The SMILES string of the molecule is C=C=CCC1CCN(Cc2sc3ccccc3c2C)CC1. The van der Waals surface area contributed by atoms with Crippen molar-refractivity contribution in [2.75, 3.05) is 13.1 Å². The molecule has 2 heteroatoms. The Balaban J connectivity index is 1.64. The van der Waals surface area contributed by atoms with Crippen LogP contribution in [-0.2, 0) is 6.54 Å². The Labute approximate surface area is 131 Å². The maximum atomic E-state index is 3.66. The summed E-state index contributed by atoms with van der Waals surface area (Å²) in [5, 5.41) is 1.43. The topological polar surface area (TPSA) is 3.24 Å². The normalized spacial score (nSPS) is 17.0. The summed E-state index contributed by atoms with van der Waals surface area (Å²) < 4.78 is 1.43. The molecular weight excluding hydrogens is 274 g/mol. The third-order valence-corrected chi connectivity index (χ3v) is 5.87. The summed E-state index contributed by atoms with van der Waals surface area (Å²) in [6, 6.07) is 8.77. The first-order valence-corrected chi connectivity index (χ1v) is 8.63. The molecule has 0 radical (unpaired) electrons. The number of benzene rings is 1. The number of aryl methyl sites for hydroxylation is 1. The highest BCUT2D eigenvalue weighted by Gasteiger charge is 2.19. The van der Waals surface area contributed by atoms with Gasteiger partial charge < -0.3 is 0 Å². The van der Waals surface area contributed by atoms with Gasteiger partial charge in [0.15, 0.2) is 0 Å². The predicted octanol–water partition coefficient (Wildman–Crippen LogP) is 5.15. The molecule has 2 heterocycles. The fourth-order valence-electron chi connectivity index (χ4n) is 3.21. The molecule has 3 rings (SSSR count). The van der Waals surface area contributed by atoms with E-state index in [0.717, 1.165) is 18.9 Å². The molecule has 2 aromatic rings. The lowest BCUT2D eigenvalue weighted by atomic mass is 9.93. The summed E-state index contributed by atoms with van der Waals surface area (Å²) in [5.41, 5.74) is 4.38. The van der Waals surface area contributed by atoms with E-state index in [9.17, 15) is 0 Å². The van der Waals surface area contributed by atoms with E-state index < -0.39 is 0 Å². The molecule has 0 spiro atoms. The summed E-state index contributed by atoms with van der Waals surface area (Å²) in [4.78, 5) is 4.16. The molecule has 1 nitrogen and oxygen atoms in total. The lowest BCUT2D eigenvalue weighted by Gasteiger charge is -2.31. The number of rotatable bonds is 4. The van der Waals surface area contributed by atoms with Gasteiger partial charge in [0.25, 0.3) is 0 Å². The zero-order chi connectivity index (χ0) is 14.7. The second kappa shape index (κ2) is 6.62. The molecule has 1 aliphatic heterocycles. The van der Waals surface area contributed by atoms with Gasteiger partial charge in [0.2, 0.25) is 0 Å². The molecular formula is C19H23NS. The molecule has 1 aromatic carbocycles. The van der Waals surface area contributed by atoms with E-state index in [2.05, 4.69) is 54.5 Å². The first-order valence-electron chi connectivity index (χ1n) is 7.81. The molecule has 0 bridgehead atoms. The fourth-order valence-corrected chi connectivity index (χ4v) is 4.46. The summed E-state index contributed by atoms with van der Waals surface area (Å²) in [5.74, 6) is 0.832. The minimum atomic E-state index is 0.832. The van der Waals surface area contributed by atoms with Crippen LogP contribution >= 0.6 is 11.3 Å². The van der Waals surface area contributed by atoms with Gasteiger partial charge >= 0.3 is 0 Å². The van der Waals surface area contributed by atoms with Crippen LogP contribution in [0.3, 0.4) is 0 Å². The second-order valence-electron chi connectivity index (χ2n) is 6.01. The standard InChI is InChI=1S/C19H23NS/c1-3-4-7-16-10-12-20(13-11-16)14-19-15(2)17-8-5-6-9-18(17)21-19/h4-6,8-9,16H,1,7,10-14H2,2H3. The van der Waals surface area contributed by atoms with E-state index in [1.807, 2.05) is 11.3 Å². The average Bonchev–Trinajstić information content (AvgIpc) is 2.83. The Morgan fingerprint density at radius 2 is 2.10 bits per heavy atom. The van der Waals surface area contributed by atoms with Gasteiger partial charge in [0, 0.05) is 16.1 Å². The molecule has 110 valence electrons. The van der Waals surface area contributed by atoms with E-state index in [4.69, 9.17) is 0 Å². The van der Waals surface area contributed by atoms with Crippen molar-refractivity contribution in [3.63, 3.8) is 0 Å². The van der Waals surface area contributed by atoms with Gasteiger partial charge in [0.1, 0.15) is 0 Å². The number of thiophene rings is 1. The van der Waals surface area contributed by atoms with Gasteiger partial charge in [-0.25, -0.2) is 0 Å². The number of fused-ring (bicyclic) bond motifs is 1. The van der Waals surface area contributed by atoms with Crippen LogP contribution in [0.4, 0.5) is 0 Å². The van der Waals surface area contributed by atoms with Crippen molar-refractivity contribution >= 4 is 21.4 Å². The van der Waals surface area contributed by atoms with Crippen LogP contribution in [0, 0.1) is 12.8 Å². The molecule has 1 aromatic heterocycles. The summed E-state index contributed by atoms with van der Waals surface area (Å²) in [6.45, 7) is 9.50. The Hall–Kier alpha value is -1.34. The van der Waals surface area contributed by atoms with Gasteiger partial charge in [-0.05, 0) is 68.3 Å². The maximum Gasteiger partial charge on any atom is 0.0348 e. The molecule has 0 saturated carbocycles. The predicted molar refractivity (Wildman–Crippen MR) is 92.9 cm³/mol. The van der Waals surface area contributed by atoms with Gasteiger partial charge in [0.05, 0.1) is 0 Å². The highest BCUT2D eigenvalue weighted by atomic mass is 32.1. The fraction of sp³-hybridized carbons (Fsp3) is 0.421. The monoisotopic (exact) mass is 297 g/mol. The number of allylic oxidation sites excluding steroid dienone is 1. The summed E-state index contributed by atoms with van der Waals surface area (Å²) in [6.07, 6.45) is 5.86. The van der Waals surface area contributed by atoms with Gasteiger partial charge in [-0.3, -0.25) is 4.90 Å². The first-order chi connectivity index (χ1) is 10.3. The van der Waals surface area contributed by atoms with E-state index >= 15 is 0 Å². The second-order valence-corrected chi connectivity index (χ2v) is 7.15. The molecule has 0 unspecified atom stereocenters. The molecule has 0 atom stereocenters. The van der Waals surface area contributed by atoms with E-state index in [0.29, 0.717) is 0 Å². The van der Waals surface area contributed by atoms with Crippen molar-refractivity contribution in [1.82, 2.24) is 4.90 Å². The largest absolute Gasteiger partial charge is 0.298 e. The molecule has 1 aliphatic rings. The van der Waals surface area contributed by atoms with Crippen LogP contribution in [0.15, 0.2) is 42.7 Å². The van der Waals surface area contributed by atoms with Crippen LogP contribution < -0.4 is 0 Å². The highest BCUT2D eigenvalue weighted by Crippen LogP contribution is 2.32. The summed E-state index contributed by atoms with van der Waals surface area (Å²) >= 11 is 1.97. The van der Waals surface area contributed by atoms with Crippen molar-refractivity contribution in [3.8, 4) is 0 Å². The molecule has 0 N–H and O–H groups in total. The van der Waals surface area contributed by atoms with Crippen LogP contribution in [0.5, 0.6) is 0 Å². The van der Waals surface area contributed by atoms with Crippen molar-refractivity contribution in [2.24, 2.45) is 5.92 Å². The minimum absolute atomic E-state index is 0.832. The number of likely N-dealkylation sites (tertiary alicyclic amines) is 1. The quantitative estimate of drug-likeness (QED) is 0.705. The molecule has 0 amide bonds. The van der Waals surface area contributed by atoms with E-state index in [1.165, 1.54) is 41.6 Å². The average molecular weight is 297 g/mol. The zero-order valence-electron chi connectivity index (χ0n) is 12.8. The zero-order valence-corrected chi connectivity index (χ0v) is 13.6. The third kappa shape index (κ3) is 3.29. The third-order valence-electron chi connectivity index (χ3n) is 4.61. The van der Waals surface area contributed by atoms with Crippen LogP contribution in [-0.4, -0.2) is 18.0 Å². The van der Waals surface area contributed by atoms with E-state index in [1.54, 1.807) is 4.88 Å². The molecule has 1 fully saturated rings. The smallest absolute Gasteiger partial charge is 0.0348 e. The van der Waals surface area contributed by atoms with Crippen molar-refractivity contribution in [3.05, 3.63) is 53.1 Å². The lowest BCUT2D eigenvalue weighted by molar-refractivity contribution is 0.179. The van der Waals surface area contributed by atoms with Gasteiger partial charge in [-0.15, -0.1) is 17.1 Å². The number of piperidine rings is 1. The Kier molecular flexibility index (Phi) is 4.60. The lowest BCUT2D eigenvalue weighted by Crippen LogP contribution is -2.32. The number of hydrogen-bond donors (Lipinski definition) is 0. The van der Waals surface area contributed by atoms with Crippen LogP contribution in [0.25, 0.3) is 10.1 Å². The van der Waals surface area contributed by atoms with Crippen molar-refractivity contribution in [2.45, 2.75) is 32.7 Å². The highest BCUT2D eigenvalue weighted by molar-refractivity contribution is 7.19. The molecule has 1 saturated heterocycles. The Morgan fingerprint density at radius 1 is 1.33 bits per heavy atom.